The van der Waals surface area contributed by atoms with Crippen LogP contribution in [0, 0.1) is 0 Å². The molecular weight excluding hydrogens is 613 g/mol. The molecule has 0 amide bonds. The molecule has 49 heavy (non-hydrogen) atoms. The van der Waals surface area contributed by atoms with Crippen LogP contribution in [0.2, 0.25) is 0 Å². The summed E-state index contributed by atoms with van der Waals surface area (Å²) in [5.41, 5.74) is 6.77. The van der Waals surface area contributed by atoms with Crippen LogP contribution in [0.25, 0.3) is 88.0 Å². The summed E-state index contributed by atoms with van der Waals surface area (Å²) in [4.78, 5) is 2.22. The number of aromatic nitrogens is 2. The van der Waals surface area contributed by atoms with Crippen molar-refractivity contribution in [2.75, 3.05) is 0 Å². The highest BCUT2D eigenvalue weighted by molar-refractivity contribution is 7.99. The van der Waals surface area contributed by atoms with Crippen molar-refractivity contribution in [2.45, 2.75) is 9.79 Å². The average Bonchev–Trinajstić information content (AvgIpc) is 3.76. The number of hydrogen-bond acceptors (Lipinski definition) is 1. The van der Waals surface area contributed by atoms with Gasteiger partial charge in [0.05, 0.1) is 35.8 Å². The number of para-hydroxylation sites is 3. The van der Waals surface area contributed by atoms with E-state index in [1.54, 1.807) is 16.3 Å². The summed E-state index contributed by atoms with van der Waals surface area (Å²) in [5, 5.41) is 5.52. The first-order valence-corrected chi connectivity index (χ1v) is 16.8. The zero-order valence-corrected chi connectivity index (χ0v) is 26.5. The van der Waals surface area contributed by atoms with Gasteiger partial charge in [0.15, 0.2) is 0 Å². The Labute approximate surface area is 301 Å². The van der Waals surface area contributed by atoms with Crippen LogP contribution in [0.3, 0.4) is 0 Å². The molecule has 1 aliphatic rings. The molecule has 2 nitrogen and oxygen atoms in total. The molecule has 0 spiro atoms. The first-order valence-electron chi connectivity index (χ1n) is 21.0. The summed E-state index contributed by atoms with van der Waals surface area (Å²) >= 11 is 1.72. The molecule has 0 bridgehead atoms. The SMILES string of the molecule is [2H]c1c([2H])c([2H])c(-n2c3ccccc3c3cc(-c4ccc5c(c4)c4c6cccc7c6c(cc4n5-c4c([2H])c([2H])c([2H])c([2H])c4[2H])-c4ccccc4S7)ccc32)c([2H])c1[2H]. The minimum atomic E-state index is -0.453. The van der Waals surface area contributed by atoms with Crippen molar-refractivity contribution in [1.29, 1.82) is 0 Å². The van der Waals surface area contributed by atoms with Crippen molar-refractivity contribution in [1.82, 2.24) is 9.13 Å². The third-order valence-electron chi connectivity index (χ3n) is 9.67. The fraction of sp³-hybridized carbons (Fsp3) is 0. The van der Waals surface area contributed by atoms with Gasteiger partial charge in [-0.15, -0.1) is 0 Å². The van der Waals surface area contributed by atoms with E-state index in [4.69, 9.17) is 13.7 Å². The highest BCUT2D eigenvalue weighted by Crippen LogP contribution is 2.51. The van der Waals surface area contributed by atoms with E-state index in [-0.39, 0.29) is 35.5 Å². The lowest BCUT2D eigenvalue weighted by atomic mass is 9.93. The summed E-state index contributed by atoms with van der Waals surface area (Å²) < 4.78 is 89.8. The summed E-state index contributed by atoms with van der Waals surface area (Å²) in [6.45, 7) is 0. The van der Waals surface area contributed by atoms with Gasteiger partial charge in [0.25, 0.3) is 0 Å². The normalized spacial score (nSPS) is 15.3. The van der Waals surface area contributed by atoms with Crippen LogP contribution in [-0.4, -0.2) is 9.13 Å². The van der Waals surface area contributed by atoms with Crippen LogP contribution in [0.4, 0.5) is 0 Å². The lowest BCUT2D eigenvalue weighted by molar-refractivity contribution is 1.18. The molecule has 2 aromatic heterocycles. The van der Waals surface area contributed by atoms with Crippen LogP contribution < -0.4 is 0 Å². The van der Waals surface area contributed by atoms with Gasteiger partial charge in [-0.3, -0.25) is 0 Å². The van der Waals surface area contributed by atoms with Crippen LogP contribution >= 0.6 is 11.8 Å². The summed E-state index contributed by atoms with van der Waals surface area (Å²) in [6, 6.07) is 32.5. The molecule has 0 saturated heterocycles. The van der Waals surface area contributed by atoms with Crippen molar-refractivity contribution >= 4 is 66.1 Å². The van der Waals surface area contributed by atoms with Crippen LogP contribution in [0.5, 0.6) is 0 Å². The van der Waals surface area contributed by atoms with Crippen LogP contribution in [0.15, 0.2) is 179 Å². The van der Waals surface area contributed by atoms with Gasteiger partial charge in [-0.1, -0.05) is 109 Å². The van der Waals surface area contributed by atoms with Crippen LogP contribution in [-0.2, 0) is 0 Å². The van der Waals surface area contributed by atoms with E-state index in [0.29, 0.717) is 22.1 Å². The maximum atomic E-state index is 9.08. The van der Waals surface area contributed by atoms with E-state index in [2.05, 4.69) is 42.5 Å². The van der Waals surface area contributed by atoms with Crippen molar-refractivity contribution in [2.24, 2.45) is 0 Å². The Hall–Kier alpha value is -6.03. The molecule has 11 rings (SSSR count). The second-order valence-corrected chi connectivity index (χ2v) is 13.3. The molecule has 0 saturated carbocycles. The van der Waals surface area contributed by atoms with Crippen molar-refractivity contribution in [3.63, 3.8) is 0 Å². The molecule has 3 heteroatoms. The molecule has 0 unspecified atom stereocenters. The Bertz CT molecular complexity index is 3490. The topological polar surface area (TPSA) is 9.86 Å². The van der Waals surface area contributed by atoms with Gasteiger partial charge in [0.1, 0.15) is 0 Å². The van der Waals surface area contributed by atoms with Gasteiger partial charge < -0.3 is 9.13 Å². The molecule has 10 aromatic rings. The molecule has 0 aliphatic carbocycles. The molecule has 0 fully saturated rings. The van der Waals surface area contributed by atoms with Gasteiger partial charge in [-0.05, 0) is 100 Å². The van der Waals surface area contributed by atoms with Crippen molar-refractivity contribution < 1.29 is 13.7 Å². The fourth-order valence-electron chi connectivity index (χ4n) is 7.68. The monoisotopic (exact) mass is 650 g/mol. The summed E-state index contributed by atoms with van der Waals surface area (Å²) in [6.07, 6.45) is 0. The van der Waals surface area contributed by atoms with Crippen LogP contribution in [0.1, 0.15) is 13.7 Å². The van der Waals surface area contributed by atoms with Gasteiger partial charge in [0, 0.05) is 48.1 Å². The van der Waals surface area contributed by atoms with Crippen molar-refractivity contribution in [3.8, 4) is 33.6 Å². The fourth-order valence-corrected chi connectivity index (χ4v) is 8.82. The number of rotatable bonds is 3. The Morgan fingerprint density at radius 1 is 0.408 bits per heavy atom. The van der Waals surface area contributed by atoms with E-state index >= 15 is 0 Å². The second-order valence-electron chi connectivity index (χ2n) is 12.2. The van der Waals surface area contributed by atoms with Crippen molar-refractivity contribution in [3.05, 3.63) is 170 Å². The van der Waals surface area contributed by atoms with E-state index in [9.17, 15) is 0 Å². The molecule has 0 radical (unpaired) electrons. The third kappa shape index (κ3) is 3.85. The largest absolute Gasteiger partial charge is 0.309 e. The predicted octanol–water partition coefficient (Wildman–Crippen LogP) is 12.8. The number of nitrogens with zero attached hydrogens (tertiary/aromatic N) is 2. The maximum absolute atomic E-state index is 9.08. The molecule has 1 aliphatic heterocycles. The molecule has 3 heterocycles. The standard InChI is InChI=1S/C46H28N2S/c1-3-12-31(13-4-1)47-39-19-9-7-16-33(39)36-26-29(22-24-40(36)47)30-23-25-41-38(27-30)45-35-18-11-21-44-46(35)37(34-17-8-10-20-43(34)49-44)28-42(45)48(41)32-14-5-2-6-15-32/h1-28H/i1D,2D,3D,4D,5D,6D,12D,13D,14D,15D. The van der Waals surface area contributed by atoms with Gasteiger partial charge >= 0.3 is 0 Å². The number of hydrogen-bond donors (Lipinski definition) is 0. The smallest absolute Gasteiger partial charge is 0.0645 e. The van der Waals surface area contributed by atoms with Gasteiger partial charge in [-0.2, -0.15) is 0 Å². The molecule has 8 aromatic carbocycles. The van der Waals surface area contributed by atoms with E-state index < -0.39 is 36.3 Å². The summed E-state index contributed by atoms with van der Waals surface area (Å²) in [7, 11) is 0. The lowest BCUT2D eigenvalue weighted by Crippen LogP contribution is -1.96. The van der Waals surface area contributed by atoms with Gasteiger partial charge in [0.2, 0.25) is 0 Å². The van der Waals surface area contributed by atoms with E-state index in [0.717, 1.165) is 64.4 Å². The average molecular weight is 651 g/mol. The summed E-state index contributed by atoms with van der Waals surface area (Å²) in [5.74, 6) is 0. The third-order valence-corrected chi connectivity index (χ3v) is 10.8. The lowest BCUT2D eigenvalue weighted by Gasteiger charge is -2.21. The quantitative estimate of drug-likeness (QED) is 0.185. The number of benzene rings is 8. The van der Waals surface area contributed by atoms with E-state index in [1.165, 1.54) is 0 Å². The first-order chi connectivity index (χ1) is 28.5. The highest BCUT2D eigenvalue weighted by atomic mass is 32.2. The highest BCUT2D eigenvalue weighted by Gasteiger charge is 2.24. The number of fused-ring (bicyclic) bond motifs is 9. The molecule has 0 N–H and O–H groups in total. The second kappa shape index (κ2) is 10.2. The zero-order valence-electron chi connectivity index (χ0n) is 35.7. The van der Waals surface area contributed by atoms with Gasteiger partial charge in [-0.25, -0.2) is 0 Å². The molecule has 0 atom stereocenters. The minimum absolute atomic E-state index is 0.0757. The Balaban J connectivity index is 1.22. The Kier molecular flexibility index (Phi) is 3.99. The van der Waals surface area contributed by atoms with E-state index in [1.807, 2.05) is 71.3 Å². The Morgan fingerprint density at radius 2 is 1.00 bits per heavy atom. The maximum Gasteiger partial charge on any atom is 0.0645 e. The molecular formula is C46H28N2S. The minimum Gasteiger partial charge on any atom is -0.309 e. The Morgan fingerprint density at radius 3 is 1.78 bits per heavy atom. The molecule has 228 valence electrons. The zero-order chi connectivity index (χ0) is 40.8. The predicted molar refractivity (Wildman–Crippen MR) is 208 cm³/mol. The first kappa shape index (κ1) is 19.1.